The molecule has 0 heterocycles. The summed E-state index contributed by atoms with van der Waals surface area (Å²) < 4.78 is 0. The van der Waals surface area contributed by atoms with Gasteiger partial charge in [0.2, 0.25) is 0 Å². The van der Waals surface area contributed by atoms with Crippen molar-refractivity contribution in [3.8, 4) is 0 Å². The maximum Gasteiger partial charge on any atom is 0.106 e. The highest BCUT2D eigenvalue weighted by atomic mass is 35.5. The van der Waals surface area contributed by atoms with Crippen molar-refractivity contribution in [1.29, 1.82) is 0 Å². The van der Waals surface area contributed by atoms with E-state index in [9.17, 15) is 10.2 Å². The normalized spacial score (nSPS) is 15.6. The van der Waals surface area contributed by atoms with Crippen LogP contribution >= 0.6 is 11.6 Å². The third-order valence-corrected chi connectivity index (χ3v) is 1.98. The zero-order valence-corrected chi connectivity index (χ0v) is 7.28. The van der Waals surface area contributed by atoms with Crippen LogP contribution in [0.1, 0.15) is 11.7 Å². The van der Waals surface area contributed by atoms with E-state index in [-0.39, 0.29) is 5.88 Å². The minimum absolute atomic E-state index is 0.0378. The van der Waals surface area contributed by atoms with Gasteiger partial charge in [0.15, 0.2) is 0 Å². The van der Waals surface area contributed by atoms with Crippen molar-refractivity contribution in [2.45, 2.75) is 12.2 Å². The van der Waals surface area contributed by atoms with Gasteiger partial charge in [0.1, 0.15) is 6.10 Å². The number of aliphatic hydroxyl groups is 2. The van der Waals surface area contributed by atoms with Gasteiger partial charge >= 0.3 is 0 Å². The van der Waals surface area contributed by atoms with Crippen molar-refractivity contribution in [1.82, 2.24) is 0 Å². The van der Waals surface area contributed by atoms with E-state index in [4.69, 9.17) is 11.6 Å². The van der Waals surface area contributed by atoms with Gasteiger partial charge in [-0.25, -0.2) is 0 Å². The van der Waals surface area contributed by atoms with E-state index in [1.54, 1.807) is 24.3 Å². The van der Waals surface area contributed by atoms with E-state index in [1.165, 1.54) is 0 Å². The summed E-state index contributed by atoms with van der Waals surface area (Å²) in [6.07, 6.45) is -1.78. The lowest BCUT2D eigenvalue weighted by molar-refractivity contribution is 0.0327. The molecule has 0 amide bonds. The molecule has 0 spiro atoms. The molecule has 0 unspecified atom stereocenters. The maximum atomic E-state index is 9.45. The number of benzene rings is 1. The number of alkyl halides is 1. The molecular formula is C9H11ClO2. The molecule has 2 atom stereocenters. The molecule has 3 heteroatoms. The standard InChI is InChI=1S/C9H11ClO2/c10-6-8(11)9(12)7-4-2-1-3-5-7/h1-5,8-9,11-12H,6H2/t8-,9-/m0/s1. The minimum Gasteiger partial charge on any atom is -0.389 e. The van der Waals surface area contributed by atoms with Crippen LogP contribution in [0.3, 0.4) is 0 Å². The first-order chi connectivity index (χ1) is 5.75. The van der Waals surface area contributed by atoms with Crippen LogP contribution in [0, 0.1) is 0 Å². The van der Waals surface area contributed by atoms with Crippen LogP contribution in [0.2, 0.25) is 0 Å². The molecule has 0 aromatic heterocycles. The molecule has 2 N–H and O–H groups in total. The van der Waals surface area contributed by atoms with Gasteiger partial charge in [-0.05, 0) is 5.56 Å². The monoisotopic (exact) mass is 186 g/mol. The second-order valence-corrected chi connectivity index (χ2v) is 2.89. The van der Waals surface area contributed by atoms with E-state index in [0.29, 0.717) is 5.56 Å². The molecule has 0 aliphatic rings. The fraction of sp³-hybridized carbons (Fsp3) is 0.333. The van der Waals surface area contributed by atoms with Crippen molar-refractivity contribution in [3.05, 3.63) is 35.9 Å². The largest absolute Gasteiger partial charge is 0.389 e. The van der Waals surface area contributed by atoms with Crippen LogP contribution in [0.5, 0.6) is 0 Å². The molecule has 1 aromatic rings. The van der Waals surface area contributed by atoms with Gasteiger partial charge in [0.25, 0.3) is 0 Å². The fourth-order valence-corrected chi connectivity index (χ4v) is 1.13. The van der Waals surface area contributed by atoms with Gasteiger partial charge in [0.05, 0.1) is 12.0 Å². The lowest BCUT2D eigenvalue weighted by atomic mass is 10.1. The Labute approximate surface area is 76.4 Å². The highest BCUT2D eigenvalue weighted by Gasteiger charge is 2.16. The summed E-state index contributed by atoms with van der Waals surface area (Å²) in [6, 6.07) is 8.96. The summed E-state index contributed by atoms with van der Waals surface area (Å²) in [4.78, 5) is 0. The molecule has 66 valence electrons. The highest BCUT2D eigenvalue weighted by Crippen LogP contribution is 2.16. The predicted molar refractivity (Wildman–Crippen MR) is 48.1 cm³/mol. The first-order valence-corrected chi connectivity index (χ1v) is 4.26. The minimum atomic E-state index is -0.894. The van der Waals surface area contributed by atoms with E-state index < -0.39 is 12.2 Å². The third kappa shape index (κ3) is 2.21. The van der Waals surface area contributed by atoms with Crippen LogP contribution in [-0.2, 0) is 0 Å². The molecular weight excluding hydrogens is 176 g/mol. The lowest BCUT2D eigenvalue weighted by Crippen LogP contribution is -2.19. The molecule has 0 fully saturated rings. The molecule has 0 saturated carbocycles. The first-order valence-electron chi connectivity index (χ1n) is 3.72. The Morgan fingerprint density at radius 2 is 1.75 bits per heavy atom. The maximum absolute atomic E-state index is 9.45. The third-order valence-electron chi connectivity index (χ3n) is 1.66. The Kier molecular flexibility index (Phi) is 3.53. The highest BCUT2D eigenvalue weighted by molar-refractivity contribution is 6.18. The van der Waals surface area contributed by atoms with Crippen molar-refractivity contribution in [2.75, 3.05) is 5.88 Å². The van der Waals surface area contributed by atoms with E-state index in [0.717, 1.165) is 0 Å². The molecule has 12 heavy (non-hydrogen) atoms. The summed E-state index contributed by atoms with van der Waals surface area (Å²) in [5, 5.41) is 18.7. The number of halogens is 1. The van der Waals surface area contributed by atoms with Crippen molar-refractivity contribution in [2.24, 2.45) is 0 Å². The van der Waals surface area contributed by atoms with E-state index >= 15 is 0 Å². The van der Waals surface area contributed by atoms with Crippen molar-refractivity contribution >= 4 is 11.6 Å². The number of hydrogen-bond acceptors (Lipinski definition) is 2. The number of hydrogen-bond donors (Lipinski definition) is 2. The number of aliphatic hydroxyl groups excluding tert-OH is 2. The molecule has 1 aromatic carbocycles. The lowest BCUT2D eigenvalue weighted by Gasteiger charge is -2.14. The second-order valence-electron chi connectivity index (χ2n) is 2.58. The van der Waals surface area contributed by atoms with Crippen molar-refractivity contribution < 1.29 is 10.2 Å². The Morgan fingerprint density at radius 1 is 1.17 bits per heavy atom. The SMILES string of the molecule is O[C@@H](CCl)[C@@H](O)c1ccccc1. The van der Waals surface area contributed by atoms with Gasteiger partial charge in [-0.1, -0.05) is 30.3 Å². The molecule has 0 aliphatic carbocycles. The molecule has 1 rings (SSSR count). The molecule has 0 aliphatic heterocycles. The van der Waals surface area contributed by atoms with Crippen LogP contribution in [0.15, 0.2) is 30.3 Å². The van der Waals surface area contributed by atoms with Crippen LogP contribution in [0.25, 0.3) is 0 Å². The number of rotatable bonds is 3. The molecule has 2 nitrogen and oxygen atoms in total. The van der Waals surface area contributed by atoms with Gasteiger partial charge in [0, 0.05) is 0 Å². The quantitative estimate of drug-likeness (QED) is 0.700. The first kappa shape index (κ1) is 9.52. The summed E-state index contributed by atoms with van der Waals surface area (Å²) in [5.74, 6) is 0.0378. The van der Waals surface area contributed by atoms with Crippen LogP contribution in [0.4, 0.5) is 0 Å². The summed E-state index contributed by atoms with van der Waals surface area (Å²) in [5.41, 5.74) is 0.686. The Bertz CT molecular complexity index is 225. The smallest absolute Gasteiger partial charge is 0.106 e. The second kappa shape index (κ2) is 4.45. The van der Waals surface area contributed by atoms with Crippen LogP contribution in [-0.4, -0.2) is 22.2 Å². The molecule has 0 saturated heterocycles. The fourth-order valence-electron chi connectivity index (χ4n) is 0.957. The van der Waals surface area contributed by atoms with E-state index in [2.05, 4.69) is 0 Å². The summed E-state index contributed by atoms with van der Waals surface area (Å²) in [7, 11) is 0. The van der Waals surface area contributed by atoms with Gasteiger partial charge in [-0.15, -0.1) is 11.6 Å². The predicted octanol–water partition coefficient (Wildman–Crippen LogP) is 1.32. The van der Waals surface area contributed by atoms with Gasteiger partial charge in [-0.2, -0.15) is 0 Å². The molecule has 0 bridgehead atoms. The van der Waals surface area contributed by atoms with Crippen molar-refractivity contribution in [3.63, 3.8) is 0 Å². The molecule has 0 radical (unpaired) electrons. The van der Waals surface area contributed by atoms with Gasteiger partial charge < -0.3 is 10.2 Å². The Hall–Kier alpha value is -0.570. The topological polar surface area (TPSA) is 40.5 Å². The average Bonchev–Trinajstić information content (AvgIpc) is 2.17. The zero-order chi connectivity index (χ0) is 8.97. The summed E-state index contributed by atoms with van der Waals surface area (Å²) >= 11 is 5.39. The zero-order valence-electron chi connectivity index (χ0n) is 6.52. The average molecular weight is 187 g/mol. The van der Waals surface area contributed by atoms with Gasteiger partial charge in [-0.3, -0.25) is 0 Å². The summed E-state index contributed by atoms with van der Waals surface area (Å²) in [6.45, 7) is 0. The van der Waals surface area contributed by atoms with Crippen LogP contribution < -0.4 is 0 Å². The Morgan fingerprint density at radius 3 is 2.25 bits per heavy atom. The Balaban J connectivity index is 2.71. The van der Waals surface area contributed by atoms with E-state index in [1.807, 2.05) is 6.07 Å².